The maximum atomic E-state index is 5.50. The predicted molar refractivity (Wildman–Crippen MR) is 108 cm³/mol. The van der Waals surface area contributed by atoms with Gasteiger partial charge >= 0.3 is 0 Å². The van der Waals surface area contributed by atoms with Crippen LogP contribution in [0.5, 0.6) is 5.88 Å². The van der Waals surface area contributed by atoms with Gasteiger partial charge in [0.2, 0.25) is 5.88 Å². The number of furan rings is 1. The van der Waals surface area contributed by atoms with E-state index in [1.165, 1.54) is 16.7 Å². The van der Waals surface area contributed by atoms with E-state index < -0.39 is 0 Å². The topological polar surface area (TPSA) is 51.4 Å². The zero-order valence-corrected chi connectivity index (χ0v) is 15.9. The average Bonchev–Trinajstić information content (AvgIpc) is 3.20. The first-order valence-electron chi connectivity index (χ1n) is 9.37. The van der Waals surface area contributed by atoms with Gasteiger partial charge < -0.3 is 14.1 Å². The maximum absolute atomic E-state index is 5.50. The number of hydrogen-bond acceptors (Lipinski definition) is 5. The Morgan fingerprint density at radius 1 is 1.07 bits per heavy atom. The molecule has 0 fully saturated rings. The smallest absolute Gasteiger partial charge is 0.240 e. The van der Waals surface area contributed by atoms with Gasteiger partial charge in [0.15, 0.2) is 0 Å². The fourth-order valence-electron chi connectivity index (χ4n) is 4.15. The maximum Gasteiger partial charge on any atom is 0.240 e. The van der Waals surface area contributed by atoms with Crippen LogP contribution in [0.25, 0.3) is 22.2 Å². The Morgan fingerprint density at radius 3 is 2.86 bits per heavy atom. The van der Waals surface area contributed by atoms with E-state index in [0.29, 0.717) is 11.8 Å². The number of likely N-dealkylation sites (N-methyl/N-ethyl adjacent to an activating group) is 1. The molecule has 5 rings (SSSR count). The van der Waals surface area contributed by atoms with E-state index in [-0.39, 0.29) is 0 Å². The number of methoxy groups -OCH3 is 1. The second-order valence-corrected chi connectivity index (χ2v) is 7.30. The van der Waals surface area contributed by atoms with Gasteiger partial charge in [0, 0.05) is 42.4 Å². The van der Waals surface area contributed by atoms with Crippen molar-refractivity contribution in [2.45, 2.75) is 12.5 Å². The van der Waals surface area contributed by atoms with Crippen LogP contribution >= 0.6 is 0 Å². The first-order valence-corrected chi connectivity index (χ1v) is 9.37. The standard InChI is InChI=1S/C23H21N3O2/c1-26-13-18-12-17(22-23(27-2)25-9-8-24-22)3-5-19(18)20(14-26)15-4-6-21-16(11-15)7-10-28-21/h3-12,20H,13-14H2,1-2H3. The Labute approximate surface area is 163 Å². The summed E-state index contributed by atoms with van der Waals surface area (Å²) in [6.45, 7) is 1.90. The number of aromatic nitrogens is 2. The van der Waals surface area contributed by atoms with Gasteiger partial charge in [0.1, 0.15) is 11.3 Å². The molecule has 5 heteroatoms. The van der Waals surface area contributed by atoms with Crippen molar-refractivity contribution in [2.24, 2.45) is 0 Å². The normalized spacial score (nSPS) is 16.9. The zero-order chi connectivity index (χ0) is 19.1. The first kappa shape index (κ1) is 17.0. The Kier molecular flexibility index (Phi) is 4.10. The minimum absolute atomic E-state index is 0.325. The van der Waals surface area contributed by atoms with Crippen molar-refractivity contribution in [1.82, 2.24) is 14.9 Å². The average molecular weight is 371 g/mol. The third kappa shape index (κ3) is 2.84. The highest BCUT2D eigenvalue weighted by Gasteiger charge is 2.26. The van der Waals surface area contributed by atoms with Crippen molar-refractivity contribution in [3.63, 3.8) is 0 Å². The molecule has 1 aliphatic rings. The lowest BCUT2D eigenvalue weighted by Gasteiger charge is -2.33. The molecule has 5 nitrogen and oxygen atoms in total. The third-order valence-electron chi connectivity index (χ3n) is 5.46. The highest BCUT2D eigenvalue weighted by Crippen LogP contribution is 2.37. The lowest BCUT2D eigenvalue weighted by Crippen LogP contribution is -2.31. The molecule has 1 atom stereocenters. The van der Waals surface area contributed by atoms with Crippen LogP contribution in [0.3, 0.4) is 0 Å². The van der Waals surface area contributed by atoms with Gasteiger partial charge in [0.05, 0.1) is 13.4 Å². The number of hydrogen-bond donors (Lipinski definition) is 0. The fraction of sp³-hybridized carbons (Fsp3) is 0.217. The first-order chi connectivity index (χ1) is 13.7. The number of ether oxygens (including phenoxy) is 1. The molecule has 1 aliphatic heterocycles. The van der Waals surface area contributed by atoms with E-state index in [9.17, 15) is 0 Å². The molecule has 0 saturated carbocycles. The molecule has 4 aromatic rings. The van der Waals surface area contributed by atoms with Crippen LogP contribution in [0, 0.1) is 0 Å². The van der Waals surface area contributed by atoms with Crippen molar-refractivity contribution in [3.05, 3.63) is 77.8 Å². The Balaban J connectivity index is 1.59. The number of rotatable bonds is 3. The third-order valence-corrected chi connectivity index (χ3v) is 5.46. The number of nitrogens with zero attached hydrogens (tertiary/aromatic N) is 3. The molecular weight excluding hydrogens is 350 g/mol. The summed E-state index contributed by atoms with van der Waals surface area (Å²) in [5.74, 6) is 0.874. The van der Waals surface area contributed by atoms with Gasteiger partial charge in [-0.3, -0.25) is 0 Å². The summed E-state index contributed by atoms with van der Waals surface area (Å²) < 4.78 is 10.9. The Hall–Kier alpha value is -3.18. The van der Waals surface area contributed by atoms with E-state index in [1.807, 2.05) is 6.07 Å². The number of fused-ring (bicyclic) bond motifs is 2. The van der Waals surface area contributed by atoms with Gasteiger partial charge in [0.25, 0.3) is 0 Å². The molecular formula is C23H21N3O2. The summed E-state index contributed by atoms with van der Waals surface area (Å²) in [5, 5.41) is 1.15. The highest BCUT2D eigenvalue weighted by molar-refractivity contribution is 5.78. The summed E-state index contributed by atoms with van der Waals surface area (Å²) >= 11 is 0. The second kappa shape index (κ2) is 6.77. The van der Waals surface area contributed by atoms with Gasteiger partial charge in [-0.1, -0.05) is 18.2 Å². The SMILES string of the molecule is COc1nccnc1-c1ccc2c(c1)CN(C)CC2c1ccc2occc2c1. The van der Waals surface area contributed by atoms with E-state index in [1.54, 1.807) is 25.8 Å². The van der Waals surface area contributed by atoms with Gasteiger partial charge in [-0.05, 0) is 48.0 Å². The monoisotopic (exact) mass is 371 g/mol. The number of benzene rings is 2. The van der Waals surface area contributed by atoms with E-state index in [2.05, 4.69) is 58.3 Å². The van der Waals surface area contributed by atoms with Crippen molar-refractivity contribution in [1.29, 1.82) is 0 Å². The Morgan fingerprint density at radius 2 is 1.96 bits per heavy atom. The van der Waals surface area contributed by atoms with Crippen molar-refractivity contribution >= 4 is 11.0 Å². The minimum Gasteiger partial charge on any atom is -0.479 e. The predicted octanol–water partition coefficient (Wildman–Crippen LogP) is 4.48. The van der Waals surface area contributed by atoms with Crippen molar-refractivity contribution in [3.8, 4) is 17.1 Å². The molecule has 0 N–H and O–H groups in total. The largest absolute Gasteiger partial charge is 0.479 e. The molecule has 0 amide bonds. The van der Waals surface area contributed by atoms with Crippen LogP contribution in [-0.2, 0) is 6.54 Å². The van der Waals surface area contributed by atoms with Crippen LogP contribution < -0.4 is 4.74 Å². The molecule has 2 aromatic carbocycles. The van der Waals surface area contributed by atoms with Crippen LogP contribution in [0.2, 0.25) is 0 Å². The summed E-state index contributed by atoms with van der Waals surface area (Å²) in [4.78, 5) is 11.1. The summed E-state index contributed by atoms with van der Waals surface area (Å²) in [6.07, 6.45) is 5.10. The van der Waals surface area contributed by atoms with E-state index >= 15 is 0 Å². The zero-order valence-electron chi connectivity index (χ0n) is 15.9. The van der Waals surface area contributed by atoms with Crippen LogP contribution in [0.1, 0.15) is 22.6 Å². The van der Waals surface area contributed by atoms with Crippen LogP contribution in [0.4, 0.5) is 0 Å². The molecule has 0 spiro atoms. The molecule has 2 aromatic heterocycles. The van der Waals surface area contributed by atoms with Crippen molar-refractivity contribution in [2.75, 3.05) is 20.7 Å². The second-order valence-electron chi connectivity index (χ2n) is 7.30. The molecule has 0 bridgehead atoms. The van der Waals surface area contributed by atoms with Gasteiger partial charge in [-0.25, -0.2) is 9.97 Å². The fourth-order valence-corrected chi connectivity index (χ4v) is 4.15. The molecule has 140 valence electrons. The quantitative estimate of drug-likeness (QED) is 0.532. The molecule has 0 aliphatic carbocycles. The molecule has 0 saturated heterocycles. The summed E-state index contributed by atoms with van der Waals surface area (Å²) in [6, 6.07) is 15.1. The molecule has 1 unspecified atom stereocenters. The van der Waals surface area contributed by atoms with Crippen LogP contribution in [0.15, 0.2) is 65.5 Å². The van der Waals surface area contributed by atoms with Gasteiger partial charge in [-0.15, -0.1) is 0 Å². The van der Waals surface area contributed by atoms with E-state index in [0.717, 1.165) is 35.3 Å². The minimum atomic E-state index is 0.325. The van der Waals surface area contributed by atoms with Gasteiger partial charge in [-0.2, -0.15) is 0 Å². The molecule has 28 heavy (non-hydrogen) atoms. The lowest BCUT2D eigenvalue weighted by atomic mass is 9.83. The lowest BCUT2D eigenvalue weighted by molar-refractivity contribution is 0.295. The van der Waals surface area contributed by atoms with Crippen molar-refractivity contribution < 1.29 is 9.15 Å². The Bertz CT molecular complexity index is 1150. The summed E-state index contributed by atoms with van der Waals surface area (Å²) in [5.41, 5.74) is 6.73. The molecule has 0 radical (unpaired) electrons. The summed E-state index contributed by atoms with van der Waals surface area (Å²) in [7, 11) is 3.80. The van der Waals surface area contributed by atoms with Crippen LogP contribution in [-0.4, -0.2) is 35.6 Å². The van der Waals surface area contributed by atoms with E-state index in [4.69, 9.17) is 9.15 Å². The highest BCUT2D eigenvalue weighted by atomic mass is 16.5. The molecule has 3 heterocycles.